The summed E-state index contributed by atoms with van der Waals surface area (Å²) >= 11 is 1.77. The molecule has 0 radical (unpaired) electrons. The van der Waals surface area contributed by atoms with E-state index in [4.69, 9.17) is 0 Å². The zero-order chi connectivity index (χ0) is 11.9. The molecule has 2 rings (SSSR count). The van der Waals surface area contributed by atoms with Crippen LogP contribution in [0.3, 0.4) is 0 Å². The standard InChI is InChI=1S/C14H18N2S/c1-15-14(5-4-12-6-8-17-11-12)9-13-3-2-7-16-10-13/h2-3,6-8,10-11,14-15H,4-5,9H2,1H3. The van der Waals surface area contributed by atoms with Gasteiger partial charge in [-0.05, 0) is 60.3 Å². The lowest BCUT2D eigenvalue weighted by Crippen LogP contribution is -2.28. The van der Waals surface area contributed by atoms with Gasteiger partial charge in [0.2, 0.25) is 0 Å². The molecular formula is C14H18N2S. The maximum absolute atomic E-state index is 4.16. The molecule has 1 atom stereocenters. The molecule has 0 aromatic carbocycles. The molecule has 1 N–H and O–H groups in total. The Bertz CT molecular complexity index is 411. The highest BCUT2D eigenvalue weighted by atomic mass is 32.1. The Morgan fingerprint density at radius 3 is 2.94 bits per heavy atom. The van der Waals surface area contributed by atoms with Gasteiger partial charge in [-0.3, -0.25) is 4.98 Å². The van der Waals surface area contributed by atoms with Crippen LogP contribution in [-0.2, 0) is 12.8 Å². The van der Waals surface area contributed by atoms with Crippen LogP contribution in [-0.4, -0.2) is 18.1 Å². The van der Waals surface area contributed by atoms with Crippen LogP contribution in [0.5, 0.6) is 0 Å². The topological polar surface area (TPSA) is 24.9 Å². The Balaban J connectivity index is 1.85. The van der Waals surface area contributed by atoms with Crippen LogP contribution >= 0.6 is 11.3 Å². The third-order valence-electron chi connectivity index (χ3n) is 2.97. The third kappa shape index (κ3) is 3.95. The number of pyridine rings is 1. The molecule has 0 bridgehead atoms. The fraction of sp³-hybridized carbons (Fsp3) is 0.357. The molecule has 2 aromatic rings. The molecule has 0 saturated carbocycles. The van der Waals surface area contributed by atoms with Gasteiger partial charge in [-0.25, -0.2) is 0 Å². The van der Waals surface area contributed by atoms with Crippen molar-refractivity contribution >= 4 is 11.3 Å². The molecule has 0 aliphatic carbocycles. The maximum Gasteiger partial charge on any atom is 0.0300 e. The van der Waals surface area contributed by atoms with Gasteiger partial charge in [0.1, 0.15) is 0 Å². The number of nitrogens with zero attached hydrogens (tertiary/aromatic N) is 1. The van der Waals surface area contributed by atoms with Crippen LogP contribution in [0.15, 0.2) is 41.4 Å². The second-order valence-corrected chi connectivity index (χ2v) is 5.00. The average Bonchev–Trinajstić information content (AvgIpc) is 2.89. The Morgan fingerprint density at radius 2 is 2.29 bits per heavy atom. The molecule has 2 nitrogen and oxygen atoms in total. The van der Waals surface area contributed by atoms with E-state index in [0.717, 1.165) is 12.8 Å². The van der Waals surface area contributed by atoms with Gasteiger partial charge in [0.25, 0.3) is 0 Å². The van der Waals surface area contributed by atoms with Gasteiger partial charge in [0.15, 0.2) is 0 Å². The van der Waals surface area contributed by atoms with Gasteiger partial charge in [-0.15, -0.1) is 0 Å². The first kappa shape index (κ1) is 12.3. The van der Waals surface area contributed by atoms with Crippen LogP contribution in [0, 0.1) is 0 Å². The molecule has 0 aliphatic rings. The summed E-state index contributed by atoms with van der Waals surface area (Å²) in [5.41, 5.74) is 2.75. The number of thiophene rings is 1. The molecule has 0 fully saturated rings. The summed E-state index contributed by atoms with van der Waals surface area (Å²) in [6.07, 6.45) is 7.14. The van der Waals surface area contributed by atoms with Crippen molar-refractivity contribution in [1.82, 2.24) is 10.3 Å². The van der Waals surface area contributed by atoms with Crippen molar-refractivity contribution < 1.29 is 0 Å². The summed E-state index contributed by atoms with van der Waals surface area (Å²) in [5, 5.41) is 7.77. The summed E-state index contributed by atoms with van der Waals surface area (Å²) in [6.45, 7) is 0. The van der Waals surface area contributed by atoms with Gasteiger partial charge in [0.05, 0.1) is 0 Å². The number of likely N-dealkylation sites (N-methyl/N-ethyl adjacent to an activating group) is 1. The van der Waals surface area contributed by atoms with E-state index in [9.17, 15) is 0 Å². The smallest absolute Gasteiger partial charge is 0.0300 e. The largest absolute Gasteiger partial charge is 0.317 e. The molecule has 17 heavy (non-hydrogen) atoms. The highest BCUT2D eigenvalue weighted by molar-refractivity contribution is 7.07. The average molecular weight is 246 g/mol. The van der Waals surface area contributed by atoms with Crippen LogP contribution < -0.4 is 5.32 Å². The molecule has 2 aromatic heterocycles. The normalized spacial score (nSPS) is 12.5. The molecule has 90 valence electrons. The predicted molar refractivity (Wildman–Crippen MR) is 73.4 cm³/mol. The predicted octanol–water partition coefficient (Wildman–Crippen LogP) is 2.91. The first-order chi connectivity index (χ1) is 8.38. The van der Waals surface area contributed by atoms with E-state index >= 15 is 0 Å². The van der Waals surface area contributed by atoms with E-state index in [1.165, 1.54) is 17.5 Å². The molecule has 2 heterocycles. The van der Waals surface area contributed by atoms with Gasteiger partial charge in [0, 0.05) is 18.4 Å². The van der Waals surface area contributed by atoms with Crippen molar-refractivity contribution in [2.45, 2.75) is 25.3 Å². The van der Waals surface area contributed by atoms with E-state index in [1.54, 1.807) is 11.3 Å². The minimum Gasteiger partial charge on any atom is -0.317 e. The molecule has 3 heteroatoms. The first-order valence-corrected chi connectivity index (χ1v) is 6.90. The van der Waals surface area contributed by atoms with Crippen LogP contribution in [0.2, 0.25) is 0 Å². The van der Waals surface area contributed by atoms with Crippen molar-refractivity contribution in [3.63, 3.8) is 0 Å². The number of aromatic nitrogens is 1. The van der Waals surface area contributed by atoms with E-state index in [1.807, 2.05) is 25.5 Å². The summed E-state index contributed by atoms with van der Waals surface area (Å²) in [6, 6.07) is 6.88. The molecular weight excluding hydrogens is 228 g/mol. The Morgan fingerprint density at radius 1 is 1.35 bits per heavy atom. The Kier molecular flexibility index (Phi) is 4.71. The third-order valence-corrected chi connectivity index (χ3v) is 3.71. The first-order valence-electron chi connectivity index (χ1n) is 5.95. The van der Waals surface area contributed by atoms with Gasteiger partial charge >= 0.3 is 0 Å². The minimum absolute atomic E-state index is 0.527. The lowest BCUT2D eigenvalue weighted by atomic mass is 10.0. The number of rotatable bonds is 6. The fourth-order valence-electron chi connectivity index (χ4n) is 1.93. The van der Waals surface area contributed by atoms with Crippen LogP contribution in [0.1, 0.15) is 17.5 Å². The van der Waals surface area contributed by atoms with Gasteiger partial charge in [-0.1, -0.05) is 6.07 Å². The molecule has 0 aliphatic heterocycles. The van der Waals surface area contributed by atoms with Crippen molar-refractivity contribution in [1.29, 1.82) is 0 Å². The lowest BCUT2D eigenvalue weighted by molar-refractivity contribution is 0.520. The van der Waals surface area contributed by atoms with Gasteiger partial charge < -0.3 is 5.32 Å². The molecule has 1 unspecified atom stereocenters. The van der Waals surface area contributed by atoms with Crippen LogP contribution in [0.25, 0.3) is 0 Å². The van der Waals surface area contributed by atoms with Crippen molar-refractivity contribution in [2.75, 3.05) is 7.05 Å². The summed E-state index contributed by atoms with van der Waals surface area (Å²) < 4.78 is 0. The summed E-state index contributed by atoms with van der Waals surface area (Å²) in [4.78, 5) is 4.16. The minimum atomic E-state index is 0.527. The Labute approximate surface area is 107 Å². The highest BCUT2D eigenvalue weighted by Gasteiger charge is 2.07. The van der Waals surface area contributed by atoms with E-state index < -0.39 is 0 Å². The fourth-order valence-corrected chi connectivity index (χ4v) is 2.63. The Hall–Kier alpha value is -1.19. The highest BCUT2D eigenvalue weighted by Crippen LogP contribution is 2.12. The van der Waals surface area contributed by atoms with Crippen molar-refractivity contribution in [3.05, 3.63) is 52.5 Å². The quantitative estimate of drug-likeness (QED) is 0.847. The molecule has 0 amide bonds. The van der Waals surface area contributed by atoms with Gasteiger partial charge in [-0.2, -0.15) is 11.3 Å². The van der Waals surface area contributed by atoms with E-state index in [-0.39, 0.29) is 0 Å². The SMILES string of the molecule is CNC(CCc1ccsc1)Cc1cccnc1. The number of nitrogens with one attached hydrogen (secondary N) is 1. The molecule has 0 spiro atoms. The number of hydrogen-bond donors (Lipinski definition) is 1. The number of aryl methyl sites for hydroxylation is 1. The maximum atomic E-state index is 4.16. The zero-order valence-corrected chi connectivity index (χ0v) is 10.9. The van der Waals surface area contributed by atoms with Crippen molar-refractivity contribution in [2.24, 2.45) is 0 Å². The van der Waals surface area contributed by atoms with E-state index in [0.29, 0.717) is 6.04 Å². The molecule has 0 saturated heterocycles. The summed E-state index contributed by atoms with van der Waals surface area (Å²) in [5.74, 6) is 0. The van der Waals surface area contributed by atoms with E-state index in [2.05, 4.69) is 33.2 Å². The second kappa shape index (κ2) is 6.52. The lowest BCUT2D eigenvalue weighted by Gasteiger charge is -2.15. The van der Waals surface area contributed by atoms with Crippen molar-refractivity contribution in [3.8, 4) is 0 Å². The zero-order valence-electron chi connectivity index (χ0n) is 10.1. The van der Waals surface area contributed by atoms with Crippen LogP contribution in [0.4, 0.5) is 0 Å². The monoisotopic (exact) mass is 246 g/mol. The second-order valence-electron chi connectivity index (χ2n) is 4.22. The summed E-state index contributed by atoms with van der Waals surface area (Å²) in [7, 11) is 2.04. The number of hydrogen-bond acceptors (Lipinski definition) is 3.